The summed E-state index contributed by atoms with van der Waals surface area (Å²) in [4.78, 5) is 11.4. The van der Waals surface area contributed by atoms with E-state index in [1.165, 1.54) is 0 Å². The molecule has 0 atom stereocenters. The van der Waals surface area contributed by atoms with Gasteiger partial charge in [0.2, 0.25) is 0 Å². The molecule has 0 spiro atoms. The Balaban J connectivity index is 2.13. The van der Waals surface area contributed by atoms with E-state index in [2.05, 4.69) is 11.2 Å². The number of carbonyl (C=O) groups excluding carboxylic acids is 1. The van der Waals surface area contributed by atoms with Crippen LogP contribution in [-0.4, -0.2) is 15.8 Å². The molecule has 2 N–H and O–H groups in total. The molecule has 0 aliphatic rings. The van der Waals surface area contributed by atoms with E-state index in [4.69, 9.17) is 5.73 Å². The van der Waals surface area contributed by atoms with E-state index in [-0.39, 0.29) is 5.52 Å². The SMILES string of the molecule is NC(=O)n1nc(/C=C/c2ccccc2)c2c[c]cc(F)c21. The number of primary amides is 1. The van der Waals surface area contributed by atoms with Crippen LogP contribution in [0.3, 0.4) is 0 Å². The van der Waals surface area contributed by atoms with E-state index in [0.717, 1.165) is 16.3 Å². The minimum Gasteiger partial charge on any atom is -0.350 e. The maximum Gasteiger partial charge on any atom is 0.340 e. The lowest BCUT2D eigenvalue weighted by Gasteiger charge is -1.96. The van der Waals surface area contributed by atoms with Crippen molar-refractivity contribution in [2.45, 2.75) is 0 Å². The lowest BCUT2D eigenvalue weighted by atomic mass is 10.1. The van der Waals surface area contributed by atoms with Crippen molar-refractivity contribution < 1.29 is 9.18 Å². The zero-order chi connectivity index (χ0) is 14.8. The van der Waals surface area contributed by atoms with Crippen LogP contribution in [-0.2, 0) is 0 Å². The Morgan fingerprint density at radius 1 is 1.24 bits per heavy atom. The highest BCUT2D eigenvalue weighted by Crippen LogP contribution is 2.22. The topological polar surface area (TPSA) is 60.9 Å². The van der Waals surface area contributed by atoms with Crippen molar-refractivity contribution in [3.8, 4) is 0 Å². The maximum absolute atomic E-state index is 13.9. The van der Waals surface area contributed by atoms with Gasteiger partial charge in [-0.25, -0.2) is 9.18 Å². The van der Waals surface area contributed by atoms with Crippen LogP contribution >= 0.6 is 0 Å². The number of amides is 1. The van der Waals surface area contributed by atoms with Gasteiger partial charge in [0.25, 0.3) is 0 Å². The van der Waals surface area contributed by atoms with Gasteiger partial charge in [-0.05, 0) is 29.8 Å². The number of hydrogen-bond acceptors (Lipinski definition) is 2. The fraction of sp³-hybridized carbons (Fsp3) is 0. The highest BCUT2D eigenvalue weighted by atomic mass is 19.1. The molecule has 1 radical (unpaired) electrons. The molecule has 3 aromatic rings. The molecular weight excluding hydrogens is 269 g/mol. The van der Waals surface area contributed by atoms with Crippen LogP contribution in [0.4, 0.5) is 9.18 Å². The van der Waals surface area contributed by atoms with Crippen molar-refractivity contribution >= 4 is 29.1 Å². The van der Waals surface area contributed by atoms with Gasteiger partial charge >= 0.3 is 6.03 Å². The molecule has 0 aliphatic carbocycles. The summed E-state index contributed by atoms with van der Waals surface area (Å²) in [6.45, 7) is 0. The van der Waals surface area contributed by atoms with Gasteiger partial charge in [0.15, 0.2) is 0 Å². The molecule has 0 saturated carbocycles. The van der Waals surface area contributed by atoms with Gasteiger partial charge < -0.3 is 5.73 Å². The first-order valence-electron chi connectivity index (χ1n) is 6.28. The molecule has 0 aliphatic heterocycles. The first-order valence-corrected chi connectivity index (χ1v) is 6.28. The minimum absolute atomic E-state index is 0.0639. The standard InChI is InChI=1S/C16H11FN3O/c17-13-8-4-7-12-14(19-20(15(12)13)16(18)21)10-9-11-5-2-1-3-6-11/h1-3,5-10H,(H2,18,21)/b10-9+. The average Bonchev–Trinajstić information content (AvgIpc) is 2.87. The molecule has 0 unspecified atom stereocenters. The number of aromatic nitrogens is 2. The monoisotopic (exact) mass is 280 g/mol. The largest absolute Gasteiger partial charge is 0.350 e. The van der Waals surface area contributed by atoms with E-state index in [0.29, 0.717) is 11.1 Å². The van der Waals surface area contributed by atoms with Crippen LogP contribution in [0.5, 0.6) is 0 Å². The molecule has 1 amide bonds. The van der Waals surface area contributed by atoms with Crippen LogP contribution in [0.2, 0.25) is 0 Å². The molecule has 21 heavy (non-hydrogen) atoms. The molecule has 1 heterocycles. The smallest absolute Gasteiger partial charge is 0.340 e. The Bertz CT molecular complexity index is 837. The third-order valence-electron chi connectivity index (χ3n) is 3.06. The fourth-order valence-corrected chi connectivity index (χ4v) is 2.11. The molecule has 2 aromatic carbocycles. The highest BCUT2D eigenvalue weighted by molar-refractivity contribution is 5.95. The summed E-state index contributed by atoms with van der Waals surface area (Å²) in [6, 6.07) is 14.2. The fourth-order valence-electron chi connectivity index (χ4n) is 2.11. The number of halogens is 1. The zero-order valence-electron chi connectivity index (χ0n) is 11.0. The summed E-state index contributed by atoms with van der Waals surface area (Å²) >= 11 is 0. The first kappa shape index (κ1) is 13.1. The summed E-state index contributed by atoms with van der Waals surface area (Å²) in [5, 5.41) is 4.55. The molecule has 0 fully saturated rings. The van der Waals surface area contributed by atoms with Crippen LogP contribution in [0, 0.1) is 11.9 Å². The normalized spacial score (nSPS) is 11.3. The molecule has 4 nitrogen and oxygen atoms in total. The summed E-state index contributed by atoms with van der Waals surface area (Å²) < 4.78 is 14.7. The van der Waals surface area contributed by atoms with Crippen LogP contribution in [0.25, 0.3) is 23.1 Å². The Hall–Kier alpha value is -2.95. The van der Waals surface area contributed by atoms with E-state index < -0.39 is 11.8 Å². The molecule has 0 saturated heterocycles. The van der Waals surface area contributed by atoms with Gasteiger partial charge in [-0.15, -0.1) is 0 Å². The Morgan fingerprint density at radius 2 is 2.00 bits per heavy atom. The number of fused-ring (bicyclic) bond motifs is 1. The number of nitrogens with zero attached hydrogens (tertiary/aromatic N) is 2. The van der Waals surface area contributed by atoms with Crippen molar-refractivity contribution in [1.29, 1.82) is 0 Å². The van der Waals surface area contributed by atoms with Crippen molar-refractivity contribution in [3.63, 3.8) is 0 Å². The second kappa shape index (κ2) is 5.20. The number of carbonyl (C=O) groups is 1. The van der Waals surface area contributed by atoms with Gasteiger partial charge in [-0.3, -0.25) is 0 Å². The maximum atomic E-state index is 13.9. The third kappa shape index (κ3) is 2.41. The summed E-state index contributed by atoms with van der Waals surface area (Å²) in [6.07, 6.45) is 3.54. The summed E-state index contributed by atoms with van der Waals surface area (Å²) in [7, 11) is 0. The first-order chi connectivity index (χ1) is 10.2. The minimum atomic E-state index is -0.829. The second-order valence-electron chi connectivity index (χ2n) is 4.44. The molecule has 0 bridgehead atoms. The van der Waals surface area contributed by atoms with Crippen LogP contribution < -0.4 is 5.73 Å². The Morgan fingerprint density at radius 3 is 2.71 bits per heavy atom. The van der Waals surface area contributed by atoms with Crippen LogP contribution in [0.15, 0.2) is 42.5 Å². The van der Waals surface area contributed by atoms with Gasteiger partial charge in [0.05, 0.1) is 5.69 Å². The number of nitrogens with two attached hydrogens (primary N) is 1. The van der Waals surface area contributed by atoms with Crippen molar-refractivity contribution in [1.82, 2.24) is 9.78 Å². The number of benzene rings is 2. The molecular formula is C16H11FN3O. The predicted octanol–water partition coefficient (Wildman–Crippen LogP) is 3.07. The molecule has 1 aromatic heterocycles. The Labute approximate surface area is 120 Å². The lowest BCUT2D eigenvalue weighted by Crippen LogP contribution is -2.21. The van der Waals surface area contributed by atoms with Crippen molar-refractivity contribution in [3.05, 3.63) is 65.6 Å². The molecule has 3 rings (SSSR count). The van der Waals surface area contributed by atoms with E-state index >= 15 is 0 Å². The van der Waals surface area contributed by atoms with Gasteiger partial charge in [-0.1, -0.05) is 36.4 Å². The molecule has 103 valence electrons. The third-order valence-corrected chi connectivity index (χ3v) is 3.06. The van der Waals surface area contributed by atoms with Gasteiger partial charge in [0.1, 0.15) is 11.3 Å². The average molecular weight is 280 g/mol. The molecule has 5 heteroatoms. The van der Waals surface area contributed by atoms with E-state index in [1.54, 1.807) is 12.1 Å². The van der Waals surface area contributed by atoms with Gasteiger partial charge in [-0.2, -0.15) is 9.78 Å². The summed E-state index contributed by atoms with van der Waals surface area (Å²) in [5.74, 6) is -0.585. The van der Waals surface area contributed by atoms with E-state index in [9.17, 15) is 9.18 Å². The predicted molar refractivity (Wildman–Crippen MR) is 78.9 cm³/mol. The van der Waals surface area contributed by atoms with Crippen molar-refractivity contribution in [2.75, 3.05) is 0 Å². The van der Waals surface area contributed by atoms with Crippen molar-refractivity contribution in [2.24, 2.45) is 5.73 Å². The van der Waals surface area contributed by atoms with Gasteiger partial charge in [0, 0.05) is 5.39 Å². The zero-order valence-corrected chi connectivity index (χ0v) is 11.0. The summed E-state index contributed by atoms with van der Waals surface area (Å²) in [5.41, 5.74) is 6.73. The Kier molecular flexibility index (Phi) is 3.23. The lowest BCUT2D eigenvalue weighted by molar-refractivity contribution is 0.248. The number of rotatable bonds is 2. The van der Waals surface area contributed by atoms with Crippen LogP contribution in [0.1, 0.15) is 11.3 Å². The van der Waals surface area contributed by atoms with E-state index in [1.807, 2.05) is 36.4 Å². The number of hydrogen-bond donors (Lipinski definition) is 1. The quantitative estimate of drug-likeness (QED) is 0.784. The second-order valence-corrected chi connectivity index (χ2v) is 4.44. The highest BCUT2D eigenvalue weighted by Gasteiger charge is 2.15.